The summed E-state index contributed by atoms with van der Waals surface area (Å²) in [4.78, 5) is 0.0752. The fourth-order valence-corrected chi connectivity index (χ4v) is 1.94. The van der Waals surface area contributed by atoms with Gasteiger partial charge in [0, 0.05) is 11.3 Å². The number of halogens is 2. The highest BCUT2D eigenvalue weighted by atomic mass is 32.2. The Morgan fingerprint density at radius 1 is 1.31 bits per heavy atom. The van der Waals surface area contributed by atoms with Gasteiger partial charge in [0.2, 0.25) is 0 Å². The summed E-state index contributed by atoms with van der Waals surface area (Å²) in [5.41, 5.74) is 0.468. The zero-order chi connectivity index (χ0) is 12.2. The molecule has 0 aliphatic carbocycles. The number of aliphatic hydroxyl groups excluding tert-OH is 1. The lowest BCUT2D eigenvalue weighted by Gasteiger charge is -2.09. The molecule has 1 unspecified atom stereocenters. The quantitative estimate of drug-likeness (QED) is 0.841. The fraction of sp³-hybridized carbons (Fsp3) is 0.400. The third kappa shape index (κ3) is 2.99. The van der Waals surface area contributed by atoms with Crippen LogP contribution in [0.25, 0.3) is 0 Å². The second-order valence-corrected chi connectivity index (χ2v) is 5.39. The van der Waals surface area contributed by atoms with E-state index in [0.717, 1.165) is 0 Å². The molecule has 0 aliphatic rings. The SMILES string of the molecule is N=S(=O)(CF)c1ccc([C@@H](O)CCF)cc1. The number of hydrogen-bond acceptors (Lipinski definition) is 3. The Labute approximate surface area is 93.1 Å². The standard InChI is InChI=1S/C10H13F2NO2S/c11-6-5-10(14)8-1-3-9(4-2-8)16(13,15)7-12/h1-4,10,13-14H,5-7H2/t10-,16?/m0/s1. The molecular weight excluding hydrogens is 236 g/mol. The summed E-state index contributed by atoms with van der Waals surface area (Å²) in [6.07, 6.45) is -0.940. The Bertz CT molecular complexity index is 431. The van der Waals surface area contributed by atoms with Crippen LogP contribution in [0.15, 0.2) is 29.2 Å². The van der Waals surface area contributed by atoms with Gasteiger partial charge in [0.05, 0.1) is 12.8 Å². The van der Waals surface area contributed by atoms with Crippen LogP contribution >= 0.6 is 0 Å². The Morgan fingerprint density at radius 3 is 2.31 bits per heavy atom. The van der Waals surface area contributed by atoms with Crippen molar-refractivity contribution in [2.45, 2.75) is 17.4 Å². The van der Waals surface area contributed by atoms with Crippen LogP contribution in [0.2, 0.25) is 0 Å². The van der Waals surface area contributed by atoms with E-state index in [1.807, 2.05) is 0 Å². The first kappa shape index (κ1) is 13.1. The summed E-state index contributed by atoms with van der Waals surface area (Å²) >= 11 is 0. The average molecular weight is 249 g/mol. The number of alkyl halides is 2. The van der Waals surface area contributed by atoms with E-state index < -0.39 is 28.5 Å². The maximum absolute atomic E-state index is 12.3. The molecule has 0 radical (unpaired) electrons. The van der Waals surface area contributed by atoms with Crippen LogP contribution in [-0.4, -0.2) is 22.0 Å². The van der Waals surface area contributed by atoms with Gasteiger partial charge >= 0.3 is 0 Å². The predicted octanol–water partition coefficient (Wildman–Crippen LogP) is 2.41. The van der Waals surface area contributed by atoms with Crippen LogP contribution in [0.5, 0.6) is 0 Å². The zero-order valence-electron chi connectivity index (χ0n) is 8.53. The largest absolute Gasteiger partial charge is 0.388 e. The monoisotopic (exact) mass is 249 g/mol. The average Bonchev–Trinajstić information content (AvgIpc) is 2.29. The summed E-state index contributed by atoms with van der Waals surface area (Å²) in [6, 6.07) is 4.27. The van der Waals surface area contributed by atoms with Crippen molar-refractivity contribution in [3.05, 3.63) is 29.8 Å². The second-order valence-electron chi connectivity index (χ2n) is 3.35. The first-order valence-electron chi connectivity index (χ1n) is 4.67. The van der Waals surface area contributed by atoms with Crippen molar-refractivity contribution < 1.29 is 18.1 Å². The van der Waals surface area contributed by atoms with Gasteiger partial charge in [-0.25, -0.2) is 13.4 Å². The molecule has 0 saturated heterocycles. The minimum Gasteiger partial charge on any atom is -0.388 e. The maximum atomic E-state index is 12.3. The van der Waals surface area contributed by atoms with Gasteiger partial charge in [0.15, 0.2) is 6.01 Å². The Kier molecular flexibility index (Phi) is 4.37. The predicted molar refractivity (Wildman–Crippen MR) is 57.1 cm³/mol. The number of nitrogens with one attached hydrogen (secondary N) is 1. The topological polar surface area (TPSA) is 61.2 Å². The minimum absolute atomic E-state index is 0.0152. The molecule has 0 aliphatic heterocycles. The third-order valence-electron chi connectivity index (χ3n) is 2.18. The Balaban J connectivity index is 2.91. The molecule has 16 heavy (non-hydrogen) atoms. The molecule has 2 N–H and O–H groups in total. The van der Waals surface area contributed by atoms with Gasteiger partial charge < -0.3 is 5.11 Å². The number of hydrogen-bond donors (Lipinski definition) is 2. The molecule has 0 heterocycles. The Hall–Kier alpha value is -1.01. The van der Waals surface area contributed by atoms with Crippen LogP contribution in [0.1, 0.15) is 18.1 Å². The van der Waals surface area contributed by atoms with Gasteiger partial charge in [-0.05, 0) is 17.7 Å². The molecule has 0 aromatic heterocycles. The van der Waals surface area contributed by atoms with E-state index >= 15 is 0 Å². The van der Waals surface area contributed by atoms with E-state index in [2.05, 4.69) is 0 Å². The van der Waals surface area contributed by atoms with Crippen LogP contribution in [-0.2, 0) is 9.73 Å². The van der Waals surface area contributed by atoms with Crippen molar-refractivity contribution in [2.24, 2.45) is 0 Å². The minimum atomic E-state index is -3.38. The molecule has 2 atom stereocenters. The summed E-state index contributed by atoms with van der Waals surface area (Å²) in [5, 5.41) is 9.44. The maximum Gasteiger partial charge on any atom is 0.176 e. The van der Waals surface area contributed by atoms with E-state index in [9.17, 15) is 18.1 Å². The zero-order valence-corrected chi connectivity index (χ0v) is 9.34. The van der Waals surface area contributed by atoms with E-state index in [-0.39, 0.29) is 11.3 Å². The fourth-order valence-electron chi connectivity index (χ4n) is 1.24. The van der Waals surface area contributed by atoms with Crippen LogP contribution in [0, 0.1) is 4.78 Å². The highest BCUT2D eigenvalue weighted by Gasteiger charge is 2.11. The van der Waals surface area contributed by atoms with Crippen molar-refractivity contribution in [1.82, 2.24) is 0 Å². The molecule has 1 aromatic rings. The second kappa shape index (κ2) is 5.36. The molecule has 0 bridgehead atoms. The Morgan fingerprint density at radius 2 is 1.88 bits per heavy atom. The van der Waals surface area contributed by atoms with Crippen molar-refractivity contribution >= 4 is 9.73 Å². The molecule has 0 spiro atoms. The molecule has 1 aromatic carbocycles. The normalized spacial score (nSPS) is 16.7. The van der Waals surface area contributed by atoms with Gasteiger partial charge in [0.25, 0.3) is 0 Å². The van der Waals surface area contributed by atoms with Gasteiger partial charge in [-0.3, -0.25) is 4.39 Å². The molecule has 0 saturated carbocycles. The number of rotatable bonds is 5. The van der Waals surface area contributed by atoms with E-state index in [4.69, 9.17) is 4.78 Å². The summed E-state index contributed by atoms with van der Waals surface area (Å²) in [6.45, 7) is -0.636. The lowest BCUT2D eigenvalue weighted by molar-refractivity contribution is 0.156. The van der Waals surface area contributed by atoms with Crippen molar-refractivity contribution in [2.75, 3.05) is 12.7 Å². The third-order valence-corrected chi connectivity index (χ3v) is 3.52. The molecule has 0 fully saturated rings. The molecular formula is C10H13F2NO2S. The van der Waals surface area contributed by atoms with Gasteiger partial charge in [-0.2, -0.15) is 0 Å². The molecule has 0 amide bonds. The number of aliphatic hydroxyl groups is 1. The first-order valence-corrected chi connectivity index (χ1v) is 6.40. The van der Waals surface area contributed by atoms with Crippen molar-refractivity contribution in [3.8, 4) is 0 Å². The van der Waals surface area contributed by atoms with Crippen molar-refractivity contribution in [3.63, 3.8) is 0 Å². The van der Waals surface area contributed by atoms with E-state index in [0.29, 0.717) is 5.56 Å². The highest BCUT2D eigenvalue weighted by molar-refractivity contribution is 7.92. The molecule has 90 valence electrons. The van der Waals surface area contributed by atoms with Crippen LogP contribution in [0.3, 0.4) is 0 Å². The number of benzene rings is 1. The summed E-state index contributed by atoms with van der Waals surface area (Å²) in [5.74, 6) is 0. The van der Waals surface area contributed by atoms with Gasteiger partial charge in [-0.15, -0.1) is 0 Å². The molecule has 1 rings (SSSR count). The van der Waals surface area contributed by atoms with E-state index in [1.54, 1.807) is 0 Å². The lowest BCUT2D eigenvalue weighted by Crippen LogP contribution is -2.02. The van der Waals surface area contributed by atoms with Gasteiger partial charge in [-0.1, -0.05) is 12.1 Å². The lowest BCUT2D eigenvalue weighted by atomic mass is 10.1. The van der Waals surface area contributed by atoms with Crippen LogP contribution < -0.4 is 0 Å². The van der Waals surface area contributed by atoms with Crippen LogP contribution in [0.4, 0.5) is 8.78 Å². The smallest absolute Gasteiger partial charge is 0.176 e. The summed E-state index contributed by atoms with van der Waals surface area (Å²) < 4.78 is 42.8. The van der Waals surface area contributed by atoms with Crippen molar-refractivity contribution in [1.29, 1.82) is 4.78 Å². The van der Waals surface area contributed by atoms with Gasteiger partial charge in [0.1, 0.15) is 9.73 Å². The molecule has 6 heteroatoms. The highest BCUT2D eigenvalue weighted by Crippen LogP contribution is 2.20. The van der Waals surface area contributed by atoms with E-state index in [1.165, 1.54) is 24.3 Å². The summed E-state index contributed by atoms with van der Waals surface area (Å²) in [7, 11) is -3.38. The molecule has 3 nitrogen and oxygen atoms in total. The first-order chi connectivity index (χ1) is 7.51.